The highest BCUT2D eigenvalue weighted by Gasteiger charge is 2.45. The van der Waals surface area contributed by atoms with Crippen LogP contribution in [0.2, 0.25) is 0 Å². The number of amides is 1. The fourth-order valence-corrected chi connectivity index (χ4v) is 5.46. The van der Waals surface area contributed by atoms with E-state index in [9.17, 15) is 18.0 Å². The van der Waals surface area contributed by atoms with Crippen LogP contribution in [0.1, 0.15) is 51.6 Å². The second kappa shape index (κ2) is 6.58. The van der Waals surface area contributed by atoms with Crippen molar-refractivity contribution < 1.29 is 18.0 Å². The molecule has 0 spiro atoms. The predicted molar refractivity (Wildman–Crippen MR) is 100 cm³/mol. The van der Waals surface area contributed by atoms with Gasteiger partial charge in [-0.15, -0.1) is 0 Å². The van der Waals surface area contributed by atoms with Gasteiger partial charge in [0.05, 0.1) is 11.3 Å². The van der Waals surface area contributed by atoms with Gasteiger partial charge in [0.2, 0.25) is 0 Å². The topological polar surface area (TPSA) is 52.2 Å². The maximum absolute atomic E-state index is 13.4. The molecule has 3 atom stereocenters. The third kappa shape index (κ3) is 3.13. The summed E-state index contributed by atoms with van der Waals surface area (Å²) in [5, 5.41) is 7.22. The van der Waals surface area contributed by atoms with Gasteiger partial charge in [-0.2, -0.15) is 18.3 Å². The molecule has 1 saturated heterocycles. The molecule has 3 aliphatic rings. The zero-order valence-electron chi connectivity index (χ0n) is 16.2. The fourth-order valence-electron chi connectivity index (χ4n) is 5.46. The number of benzene rings is 1. The number of aromatic amines is 1. The van der Waals surface area contributed by atoms with E-state index in [0.29, 0.717) is 43.7 Å². The molecule has 2 aliphatic heterocycles. The Labute approximate surface area is 166 Å². The molecule has 0 bridgehead atoms. The molecule has 8 heteroatoms. The Hall–Kier alpha value is -2.35. The van der Waals surface area contributed by atoms with Crippen molar-refractivity contribution in [2.75, 3.05) is 20.1 Å². The Balaban J connectivity index is 1.30. The highest BCUT2D eigenvalue weighted by molar-refractivity contribution is 5.94. The van der Waals surface area contributed by atoms with E-state index in [1.807, 2.05) is 11.9 Å². The minimum absolute atomic E-state index is 0.0561. The number of hydrogen-bond acceptors (Lipinski definition) is 3. The number of halogens is 3. The molecule has 1 aromatic heterocycles. The minimum Gasteiger partial charge on any atom is -0.337 e. The molecular weight excluding hydrogens is 381 g/mol. The first-order valence-corrected chi connectivity index (χ1v) is 10.0. The van der Waals surface area contributed by atoms with E-state index in [2.05, 4.69) is 15.1 Å². The van der Waals surface area contributed by atoms with Crippen molar-refractivity contribution in [2.24, 2.45) is 11.8 Å². The summed E-state index contributed by atoms with van der Waals surface area (Å²) in [6, 6.07) is 5.92. The van der Waals surface area contributed by atoms with Crippen LogP contribution in [0.15, 0.2) is 24.3 Å². The number of nitrogens with zero attached hydrogens (tertiary/aromatic N) is 3. The number of likely N-dealkylation sites (tertiary alicyclic amines) is 1. The highest BCUT2D eigenvalue weighted by Crippen LogP contribution is 2.49. The smallest absolute Gasteiger partial charge is 0.337 e. The summed E-state index contributed by atoms with van der Waals surface area (Å²) in [5.74, 6) is 0.350. The Kier molecular flexibility index (Phi) is 4.24. The molecular formula is C21H23F3N4O. The molecule has 1 saturated carbocycles. The zero-order valence-corrected chi connectivity index (χ0v) is 16.2. The molecule has 1 amide bonds. The highest BCUT2D eigenvalue weighted by atomic mass is 19.4. The monoisotopic (exact) mass is 404 g/mol. The summed E-state index contributed by atoms with van der Waals surface area (Å²) < 4.78 is 40.2. The number of rotatable bonds is 2. The van der Waals surface area contributed by atoms with Gasteiger partial charge in [-0.3, -0.25) is 14.8 Å². The summed E-state index contributed by atoms with van der Waals surface area (Å²) in [4.78, 5) is 17.0. The molecule has 5 rings (SSSR count). The summed E-state index contributed by atoms with van der Waals surface area (Å²) in [6.45, 7) is 2.68. The zero-order chi connectivity index (χ0) is 20.3. The summed E-state index contributed by atoms with van der Waals surface area (Å²) in [5.41, 5.74) is 2.36. The van der Waals surface area contributed by atoms with E-state index in [0.717, 1.165) is 17.8 Å². The van der Waals surface area contributed by atoms with Gasteiger partial charge in [-0.05, 0) is 49.3 Å². The molecule has 1 N–H and O–H groups in total. The molecule has 2 aromatic rings. The van der Waals surface area contributed by atoms with Crippen molar-refractivity contribution in [1.29, 1.82) is 0 Å². The Bertz CT molecular complexity index is 940. The number of nitrogens with one attached hydrogen (secondary N) is 1. The van der Waals surface area contributed by atoms with Crippen LogP contribution in [0, 0.1) is 11.8 Å². The maximum Gasteiger partial charge on any atom is 0.416 e. The molecule has 2 unspecified atom stereocenters. The van der Waals surface area contributed by atoms with Crippen molar-refractivity contribution in [3.05, 3.63) is 52.3 Å². The quantitative estimate of drug-likeness (QED) is 0.832. The lowest BCUT2D eigenvalue weighted by Gasteiger charge is -2.21. The van der Waals surface area contributed by atoms with Crippen LogP contribution in [0.3, 0.4) is 0 Å². The lowest BCUT2D eigenvalue weighted by molar-refractivity contribution is -0.138. The van der Waals surface area contributed by atoms with Crippen molar-refractivity contribution in [3.63, 3.8) is 0 Å². The average molecular weight is 404 g/mol. The molecule has 2 fully saturated rings. The van der Waals surface area contributed by atoms with Crippen LogP contribution in [0.5, 0.6) is 0 Å². The number of alkyl halides is 3. The third-order valence-electron chi connectivity index (χ3n) is 6.76. The SMILES string of the molecule is CN1Cc2[nH]nc(C(=O)N3CC4CC(c5ccccc5C(F)(F)F)C[C@H]4C3)c2C1. The first-order chi connectivity index (χ1) is 13.8. The van der Waals surface area contributed by atoms with Gasteiger partial charge < -0.3 is 4.90 Å². The number of H-pyrrole nitrogens is 1. The summed E-state index contributed by atoms with van der Waals surface area (Å²) in [7, 11) is 2.00. The largest absolute Gasteiger partial charge is 0.416 e. The molecule has 3 heterocycles. The lowest BCUT2D eigenvalue weighted by atomic mass is 9.91. The van der Waals surface area contributed by atoms with Gasteiger partial charge in [0.1, 0.15) is 0 Å². The lowest BCUT2D eigenvalue weighted by Crippen LogP contribution is -2.31. The standard InChI is InChI=1S/C21H23F3N4O/c1-27-10-16-18(11-27)25-26-19(16)20(29)28-8-13-6-12(7-14(13)9-28)15-4-2-3-5-17(15)21(22,23)24/h2-5,12-14H,6-11H2,1H3,(H,25,26)/t12?,13-,14?/m0/s1. The van der Waals surface area contributed by atoms with Crippen LogP contribution in [0.4, 0.5) is 13.2 Å². The van der Waals surface area contributed by atoms with Gasteiger partial charge in [0, 0.05) is 31.7 Å². The molecule has 154 valence electrons. The minimum atomic E-state index is -4.33. The van der Waals surface area contributed by atoms with E-state index >= 15 is 0 Å². The normalized spacial score (nSPS) is 26.8. The molecule has 5 nitrogen and oxygen atoms in total. The van der Waals surface area contributed by atoms with Gasteiger partial charge in [-0.25, -0.2) is 0 Å². The third-order valence-corrected chi connectivity index (χ3v) is 6.76. The number of hydrogen-bond donors (Lipinski definition) is 1. The van der Waals surface area contributed by atoms with Crippen molar-refractivity contribution in [3.8, 4) is 0 Å². The predicted octanol–water partition coefficient (Wildman–Crippen LogP) is 3.64. The number of carbonyl (C=O) groups is 1. The second-order valence-corrected chi connectivity index (χ2v) is 8.69. The van der Waals surface area contributed by atoms with Crippen LogP contribution in [-0.2, 0) is 19.3 Å². The Morgan fingerprint density at radius 2 is 1.83 bits per heavy atom. The van der Waals surface area contributed by atoms with Gasteiger partial charge in [-0.1, -0.05) is 18.2 Å². The molecule has 1 aliphatic carbocycles. The van der Waals surface area contributed by atoms with Crippen LogP contribution in [-0.4, -0.2) is 46.0 Å². The van der Waals surface area contributed by atoms with Gasteiger partial charge in [0.25, 0.3) is 5.91 Å². The van der Waals surface area contributed by atoms with Crippen LogP contribution in [0.25, 0.3) is 0 Å². The van der Waals surface area contributed by atoms with Gasteiger partial charge in [0.15, 0.2) is 5.69 Å². The Morgan fingerprint density at radius 3 is 2.52 bits per heavy atom. The van der Waals surface area contributed by atoms with Crippen LogP contribution < -0.4 is 0 Å². The number of carbonyl (C=O) groups excluding carboxylic acids is 1. The number of fused-ring (bicyclic) bond motifs is 2. The summed E-state index contributed by atoms with van der Waals surface area (Å²) >= 11 is 0. The van der Waals surface area contributed by atoms with Crippen molar-refractivity contribution in [1.82, 2.24) is 20.0 Å². The molecule has 0 radical (unpaired) electrons. The first-order valence-electron chi connectivity index (χ1n) is 10.0. The second-order valence-electron chi connectivity index (χ2n) is 8.69. The van der Waals surface area contributed by atoms with Crippen LogP contribution >= 0.6 is 0 Å². The van der Waals surface area contributed by atoms with E-state index in [-0.39, 0.29) is 23.7 Å². The van der Waals surface area contributed by atoms with E-state index in [1.54, 1.807) is 12.1 Å². The summed E-state index contributed by atoms with van der Waals surface area (Å²) in [6.07, 6.45) is -2.93. The van der Waals surface area contributed by atoms with E-state index < -0.39 is 11.7 Å². The fraction of sp³-hybridized carbons (Fsp3) is 0.524. The van der Waals surface area contributed by atoms with E-state index in [1.165, 1.54) is 12.1 Å². The average Bonchev–Trinajstić information content (AvgIpc) is 3.39. The number of aromatic nitrogens is 2. The van der Waals surface area contributed by atoms with E-state index in [4.69, 9.17) is 0 Å². The maximum atomic E-state index is 13.4. The van der Waals surface area contributed by atoms with Crippen molar-refractivity contribution >= 4 is 5.91 Å². The molecule has 29 heavy (non-hydrogen) atoms. The van der Waals surface area contributed by atoms with Crippen molar-refractivity contribution in [2.45, 2.75) is 38.0 Å². The van der Waals surface area contributed by atoms with Gasteiger partial charge >= 0.3 is 6.18 Å². The Morgan fingerprint density at radius 1 is 1.14 bits per heavy atom. The molecule has 1 aromatic carbocycles. The first kappa shape index (κ1) is 18.7.